The van der Waals surface area contributed by atoms with Gasteiger partial charge in [-0.15, -0.1) is 0 Å². The van der Waals surface area contributed by atoms with Crippen molar-refractivity contribution in [1.29, 1.82) is 0 Å². The van der Waals surface area contributed by atoms with Crippen LogP contribution < -0.4 is 9.03 Å². The molecule has 1 unspecified atom stereocenters. The molecule has 0 radical (unpaired) electrons. The van der Waals surface area contributed by atoms with Crippen molar-refractivity contribution < 1.29 is 17.8 Å². The first-order valence-corrected chi connectivity index (χ1v) is 10.5. The first-order valence-electron chi connectivity index (χ1n) is 10.2. The topological polar surface area (TPSA) is 18.5 Å². The molecular weight excluding hydrogens is 370 g/mol. The fraction of sp³-hybridized carbons (Fsp3) is 0.636. The van der Waals surface area contributed by atoms with E-state index in [-0.39, 0.29) is 11.5 Å². The Hall–Kier alpha value is -1.29. The molecule has 4 rings (SSSR count). The van der Waals surface area contributed by atoms with Gasteiger partial charge in [0.1, 0.15) is 18.5 Å². The number of ether oxygens (including phenoxy) is 1. The van der Waals surface area contributed by atoms with Gasteiger partial charge in [-0.3, -0.25) is 0 Å². The van der Waals surface area contributed by atoms with E-state index in [9.17, 15) is 8.78 Å². The van der Waals surface area contributed by atoms with Crippen molar-refractivity contribution in [3.63, 3.8) is 0 Å². The molecule has 0 amide bonds. The van der Waals surface area contributed by atoms with Crippen LogP contribution in [-0.2, 0) is 0 Å². The summed E-state index contributed by atoms with van der Waals surface area (Å²) in [7, 11) is 0. The highest BCUT2D eigenvalue weighted by Crippen LogP contribution is 2.47. The largest absolute Gasteiger partial charge is 0.486 e. The normalized spacial score (nSPS) is 28.6. The van der Waals surface area contributed by atoms with Crippen LogP contribution in [0.5, 0.6) is 11.5 Å². The van der Waals surface area contributed by atoms with Crippen molar-refractivity contribution in [2.24, 2.45) is 23.7 Å². The van der Waals surface area contributed by atoms with E-state index in [1.54, 1.807) is 0 Å². The molecule has 0 N–H and O–H groups in total. The van der Waals surface area contributed by atoms with Gasteiger partial charge in [-0.25, -0.2) is 0 Å². The van der Waals surface area contributed by atoms with E-state index < -0.39 is 11.6 Å². The smallest absolute Gasteiger partial charge is 0.206 e. The second-order valence-corrected chi connectivity index (χ2v) is 8.62. The minimum Gasteiger partial charge on any atom is -0.486 e. The van der Waals surface area contributed by atoms with Gasteiger partial charge in [-0.1, -0.05) is 6.08 Å². The zero-order valence-electron chi connectivity index (χ0n) is 15.6. The summed E-state index contributed by atoms with van der Waals surface area (Å²) in [5.41, 5.74) is 1.18. The molecule has 0 aliphatic heterocycles. The molecule has 1 aromatic rings. The molecule has 0 saturated heterocycles. The minimum atomic E-state index is -1.12. The summed E-state index contributed by atoms with van der Waals surface area (Å²) < 4.78 is 37.4. The molecule has 0 bridgehead atoms. The van der Waals surface area contributed by atoms with E-state index in [2.05, 4.69) is 10.4 Å². The molecule has 148 valence electrons. The van der Waals surface area contributed by atoms with E-state index >= 15 is 0 Å². The lowest BCUT2D eigenvalue weighted by Gasteiger charge is -2.35. The summed E-state index contributed by atoms with van der Waals surface area (Å²) in [5.74, 6) is 1.09. The van der Waals surface area contributed by atoms with E-state index in [0.29, 0.717) is 6.61 Å². The number of hydrogen-bond donors (Lipinski definition) is 0. The van der Waals surface area contributed by atoms with E-state index in [1.807, 2.05) is 0 Å². The van der Waals surface area contributed by atoms with Crippen LogP contribution in [0.2, 0.25) is 0 Å². The monoisotopic (exact) mass is 396 g/mol. The van der Waals surface area contributed by atoms with Crippen molar-refractivity contribution in [1.82, 2.24) is 0 Å². The summed E-state index contributed by atoms with van der Waals surface area (Å²) >= 11 is 5.10. The van der Waals surface area contributed by atoms with Gasteiger partial charge in [0, 0.05) is 0 Å². The fourth-order valence-corrected chi connectivity index (χ4v) is 5.10. The zero-order valence-corrected chi connectivity index (χ0v) is 16.3. The summed E-state index contributed by atoms with van der Waals surface area (Å²) in [6, 6.07) is 2.62. The predicted molar refractivity (Wildman–Crippen MR) is 102 cm³/mol. The molecule has 0 heterocycles. The third-order valence-electron chi connectivity index (χ3n) is 6.82. The second kappa shape index (κ2) is 8.38. The predicted octanol–water partition coefficient (Wildman–Crippen LogP) is 6.82. The van der Waals surface area contributed by atoms with Crippen LogP contribution in [0.25, 0.3) is 0 Å². The molecule has 3 aliphatic carbocycles. The van der Waals surface area contributed by atoms with Crippen LogP contribution in [0.4, 0.5) is 8.78 Å². The first-order chi connectivity index (χ1) is 13.2. The Morgan fingerprint density at radius 2 is 1.37 bits per heavy atom. The molecule has 1 aromatic carbocycles. The molecule has 1 atom stereocenters. The van der Waals surface area contributed by atoms with Crippen molar-refractivity contribution in [2.75, 3.05) is 6.61 Å². The number of benzene rings is 1. The Balaban J connectivity index is 1.26. The molecular formula is C22H27ClF2O2. The zero-order chi connectivity index (χ0) is 18.8. The molecule has 2 fully saturated rings. The Labute approximate surface area is 165 Å². The Morgan fingerprint density at radius 3 is 1.93 bits per heavy atom. The second-order valence-electron chi connectivity index (χ2n) is 8.46. The van der Waals surface area contributed by atoms with Gasteiger partial charge in [0.25, 0.3) is 0 Å². The molecule has 27 heavy (non-hydrogen) atoms. The maximum atomic E-state index is 13.9. The van der Waals surface area contributed by atoms with Gasteiger partial charge in [0.15, 0.2) is 11.5 Å². The Kier molecular flexibility index (Phi) is 5.91. The SMILES string of the molecule is Fc1c(OCl)ccc(OCC2=CCC(C3CCC(C4CC4)CC3)CC2)c1F. The maximum Gasteiger partial charge on any atom is 0.206 e. The Bertz CT molecular complexity index is 694. The van der Waals surface area contributed by atoms with E-state index in [0.717, 1.165) is 36.5 Å². The van der Waals surface area contributed by atoms with Gasteiger partial charge in [0.2, 0.25) is 11.6 Å². The van der Waals surface area contributed by atoms with Crippen molar-refractivity contribution in [3.8, 4) is 11.5 Å². The molecule has 5 heteroatoms. The summed E-state index contributed by atoms with van der Waals surface area (Å²) in [6.07, 6.45) is 14.1. The summed E-state index contributed by atoms with van der Waals surface area (Å²) in [4.78, 5) is 0. The quantitative estimate of drug-likeness (QED) is 0.491. The number of rotatable bonds is 6. The number of hydrogen-bond acceptors (Lipinski definition) is 2. The highest BCUT2D eigenvalue weighted by molar-refractivity contribution is 6.09. The van der Waals surface area contributed by atoms with Crippen LogP contribution in [0.15, 0.2) is 23.8 Å². The molecule has 3 aliphatic rings. The van der Waals surface area contributed by atoms with Crippen LogP contribution in [-0.4, -0.2) is 6.61 Å². The average Bonchev–Trinajstić information content (AvgIpc) is 3.55. The molecule has 0 aromatic heterocycles. The van der Waals surface area contributed by atoms with E-state index in [4.69, 9.17) is 16.6 Å². The van der Waals surface area contributed by atoms with E-state index in [1.165, 1.54) is 62.7 Å². The standard InChI is InChI=1S/C22H27ClF2O2/c23-27-20-12-11-19(21(24)22(20)25)26-13-14-1-3-15(4-2-14)16-5-7-17(8-6-16)18-9-10-18/h1,11-12,15-18H,2-10,13H2. The Morgan fingerprint density at radius 1 is 0.815 bits per heavy atom. The van der Waals surface area contributed by atoms with Crippen molar-refractivity contribution in [2.45, 2.75) is 57.8 Å². The van der Waals surface area contributed by atoms with Crippen LogP contribution in [0.1, 0.15) is 57.8 Å². The van der Waals surface area contributed by atoms with Gasteiger partial charge in [-0.2, -0.15) is 8.78 Å². The van der Waals surface area contributed by atoms with Crippen molar-refractivity contribution in [3.05, 3.63) is 35.4 Å². The minimum absolute atomic E-state index is 0.105. The highest BCUT2D eigenvalue weighted by atomic mass is 35.5. The number of allylic oxidation sites excluding steroid dienone is 1. The first kappa shape index (κ1) is 19.0. The lowest BCUT2D eigenvalue weighted by Crippen LogP contribution is -2.24. The highest BCUT2D eigenvalue weighted by Gasteiger charge is 2.36. The average molecular weight is 397 g/mol. The lowest BCUT2D eigenvalue weighted by atomic mass is 9.70. The van der Waals surface area contributed by atoms with Gasteiger partial charge in [-0.05, 0) is 99.2 Å². The van der Waals surface area contributed by atoms with Crippen molar-refractivity contribution >= 4 is 11.9 Å². The summed E-state index contributed by atoms with van der Waals surface area (Å²) in [5, 5.41) is 0. The van der Waals surface area contributed by atoms with Crippen LogP contribution in [0.3, 0.4) is 0 Å². The van der Waals surface area contributed by atoms with Gasteiger partial charge < -0.3 is 9.03 Å². The van der Waals surface area contributed by atoms with Crippen LogP contribution in [0, 0.1) is 35.3 Å². The maximum absolute atomic E-state index is 13.9. The third kappa shape index (κ3) is 4.42. The fourth-order valence-electron chi connectivity index (χ4n) is 4.98. The summed E-state index contributed by atoms with van der Waals surface area (Å²) in [6.45, 7) is 0.304. The molecule has 0 spiro atoms. The van der Waals surface area contributed by atoms with Crippen LogP contribution >= 0.6 is 11.9 Å². The van der Waals surface area contributed by atoms with Gasteiger partial charge in [0.05, 0.1) is 0 Å². The number of halogens is 3. The molecule has 2 nitrogen and oxygen atoms in total. The lowest BCUT2D eigenvalue weighted by molar-refractivity contribution is 0.179. The van der Waals surface area contributed by atoms with Gasteiger partial charge >= 0.3 is 0 Å². The third-order valence-corrected chi connectivity index (χ3v) is 6.99. The molecule has 2 saturated carbocycles.